The lowest BCUT2D eigenvalue weighted by Crippen LogP contribution is -2.22. The van der Waals surface area contributed by atoms with Gasteiger partial charge in [0, 0.05) is 37.1 Å². The molecule has 4 rings (SSSR count). The van der Waals surface area contributed by atoms with Crippen molar-refractivity contribution in [3.63, 3.8) is 0 Å². The minimum Gasteiger partial charge on any atom is -0.380 e. The van der Waals surface area contributed by atoms with Crippen LogP contribution < -0.4 is 10.2 Å². The minimum absolute atomic E-state index is 0.100. The number of nitrogens with zero attached hydrogens (tertiary/aromatic N) is 2. The van der Waals surface area contributed by atoms with Gasteiger partial charge in [-0.15, -0.1) is 11.3 Å². The summed E-state index contributed by atoms with van der Waals surface area (Å²) in [4.78, 5) is 19.5. The van der Waals surface area contributed by atoms with E-state index >= 15 is 0 Å². The number of nitrogens with one attached hydrogen (secondary N) is 1. The second-order valence-corrected chi connectivity index (χ2v) is 7.85. The quantitative estimate of drug-likeness (QED) is 0.714. The first-order valence-corrected chi connectivity index (χ1v) is 10.1. The van der Waals surface area contributed by atoms with Gasteiger partial charge in [0.2, 0.25) is 0 Å². The number of anilines is 2. The highest BCUT2D eigenvalue weighted by molar-refractivity contribution is 7.18. The van der Waals surface area contributed by atoms with Gasteiger partial charge >= 0.3 is 0 Å². The molecule has 1 aromatic heterocycles. The number of carbonyl (C=O) groups is 1. The van der Waals surface area contributed by atoms with Crippen molar-refractivity contribution in [2.24, 2.45) is 0 Å². The van der Waals surface area contributed by atoms with E-state index in [9.17, 15) is 4.79 Å². The molecule has 6 heteroatoms. The molecule has 140 valence electrons. The van der Waals surface area contributed by atoms with E-state index in [1.807, 2.05) is 42.5 Å². The van der Waals surface area contributed by atoms with Crippen molar-refractivity contribution in [1.82, 2.24) is 4.98 Å². The normalized spacial score (nSPS) is 16.8. The first-order chi connectivity index (χ1) is 13.2. The summed E-state index contributed by atoms with van der Waals surface area (Å²) < 4.78 is 6.48. The standard InChI is InChI=1S/C21H23N3O2S/c1-3-20-23-18-9-4-14(12-19(18)27-20)21(25)22-15-5-7-16(8-6-15)24-11-10-17(13-24)26-2/h4-9,12,17H,3,10-11,13H2,1-2H3,(H,22,25)/t17-/m1/s1. The van der Waals surface area contributed by atoms with Crippen LogP contribution in [0.5, 0.6) is 0 Å². The van der Waals surface area contributed by atoms with Crippen LogP contribution in [0, 0.1) is 0 Å². The predicted octanol–water partition coefficient (Wildman–Crippen LogP) is 4.34. The molecule has 1 aliphatic rings. The lowest BCUT2D eigenvalue weighted by atomic mass is 10.2. The Morgan fingerprint density at radius 3 is 2.81 bits per heavy atom. The van der Waals surface area contributed by atoms with E-state index in [1.165, 1.54) is 0 Å². The van der Waals surface area contributed by atoms with Crippen molar-refractivity contribution in [3.05, 3.63) is 53.0 Å². The smallest absolute Gasteiger partial charge is 0.255 e. The molecule has 1 atom stereocenters. The number of fused-ring (bicyclic) bond motifs is 1. The van der Waals surface area contributed by atoms with Gasteiger partial charge in [-0.2, -0.15) is 0 Å². The first kappa shape index (κ1) is 17.9. The molecule has 0 spiro atoms. The summed E-state index contributed by atoms with van der Waals surface area (Å²) in [6, 6.07) is 13.7. The molecule has 5 nitrogen and oxygen atoms in total. The molecule has 1 saturated heterocycles. The fourth-order valence-corrected chi connectivity index (χ4v) is 4.33. The molecule has 2 heterocycles. The largest absolute Gasteiger partial charge is 0.380 e. The van der Waals surface area contributed by atoms with Crippen LogP contribution in [0.3, 0.4) is 0 Å². The van der Waals surface area contributed by atoms with Crippen LogP contribution >= 0.6 is 11.3 Å². The maximum atomic E-state index is 12.6. The zero-order chi connectivity index (χ0) is 18.8. The number of methoxy groups -OCH3 is 1. The monoisotopic (exact) mass is 381 g/mol. The molecule has 1 N–H and O–H groups in total. The number of hydrogen-bond donors (Lipinski definition) is 1. The van der Waals surface area contributed by atoms with E-state index in [1.54, 1.807) is 18.4 Å². The fourth-order valence-electron chi connectivity index (χ4n) is 3.38. The van der Waals surface area contributed by atoms with Gasteiger partial charge in [-0.25, -0.2) is 4.98 Å². The third kappa shape index (κ3) is 3.82. The van der Waals surface area contributed by atoms with Gasteiger partial charge in [-0.1, -0.05) is 6.92 Å². The molecule has 0 bridgehead atoms. The van der Waals surface area contributed by atoms with E-state index in [-0.39, 0.29) is 5.91 Å². The SMILES string of the molecule is CCc1nc2ccc(C(=O)Nc3ccc(N4CC[C@@H](OC)C4)cc3)cc2s1. The number of aromatic nitrogens is 1. The molecule has 0 unspecified atom stereocenters. The predicted molar refractivity (Wildman–Crippen MR) is 111 cm³/mol. The van der Waals surface area contributed by atoms with Crippen molar-refractivity contribution in [2.75, 3.05) is 30.4 Å². The summed E-state index contributed by atoms with van der Waals surface area (Å²) in [5, 5.41) is 4.08. The number of aryl methyl sites for hydroxylation is 1. The van der Waals surface area contributed by atoms with Gasteiger partial charge in [-0.3, -0.25) is 4.79 Å². The number of amides is 1. The van der Waals surface area contributed by atoms with Crippen LogP contribution in [0.2, 0.25) is 0 Å². The van der Waals surface area contributed by atoms with Crippen molar-refractivity contribution in [3.8, 4) is 0 Å². The molecule has 1 amide bonds. The molecule has 0 aliphatic carbocycles. The number of benzene rings is 2. The van der Waals surface area contributed by atoms with Gasteiger partial charge in [0.15, 0.2) is 0 Å². The Kier molecular flexibility index (Phi) is 5.09. The van der Waals surface area contributed by atoms with E-state index < -0.39 is 0 Å². The summed E-state index contributed by atoms with van der Waals surface area (Å²) in [5.74, 6) is -0.100. The van der Waals surface area contributed by atoms with Crippen LogP contribution in [0.25, 0.3) is 10.2 Å². The van der Waals surface area contributed by atoms with Crippen molar-refractivity contribution in [2.45, 2.75) is 25.9 Å². The lowest BCUT2D eigenvalue weighted by molar-refractivity contribution is 0.102. The molecule has 0 radical (unpaired) electrons. The first-order valence-electron chi connectivity index (χ1n) is 9.25. The average Bonchev–Trinajstić information content (AvgIpc) is 3.34. The van der Waals surface area contributed by atoms with Crippen LogP contribution in [0.4, 0.5) is 11.4 Å². The summed E-state index contributed by atoms with van der Waals surface area (Å²) in [6.07, 6.45) is 2.27. The minimum atomic E-state index is -0.100. The van der Waals surface area contributed by atoms with Crippen LogP contribution in [-0.4, -0.2) is 37.2 Å². The molecular weight excluding hydrogens is 358 g/mol. The highest BCUT2D eigenvalue weighted by Crippen LogP contribution is 2.25. The van der Waals surface area contributed by atoms with Gasteiger partial charge in [-0.05, 0) is 55.3 Å². The third-order valence-electron chi connectivity index (χ3n) is 4.97. The number of hydrogen-bond acceptors (Lipinski definition) is 5. The van der Waals surface area contributed by atoms with Crippen molar-refractivity contribution >= 4 is 38.8 Å². The van der Waals surface area contributed by atoms with Gasteiger partial charge in [0.1, 0.15) is 0 Å². The summed E-state index contributed by atoms with van der Waals surface area (Å²) in [6.45, 7) is 4.00. The summed E-state index contributed by atoms with van der Waals surface area (Å²) in [7, 11) is 1.76. The Bertz CT molecular complexity index is 952. The topological polar surface area (TPSA) is 54.5 Å². The Labute approximate surface area is 163 Å². The number of rotatable bonds is 5. The Hall–Kier alpha value is -2.44. The van der Waals surface area contributed by atoms with E-state index in [0.29, 0.717) is 11.7 Å². The Morgan fingerprint density at radius 1 is 1.30 bits per heavy atom. The van der Waals surface area contributed by atoms with Gasteiger partial charge in [0.05, 0.1) is 21.3 Å². The maximum Gasteiger partial charge on any atom is 0.255 e. The summed E-state index contributed by atoms with van der Waals surface area (Å²) in [5.41, 5.74) is 3.56. The number of carbonyl (C=O) groups excluding carboxylic acids is 1. The molecule has 1 aliphatic heterocycles. The third-order valence-corrected chi connectivity index (χ3v) is 6.13. The molecule has 1 fully saturated rings. The number of thiazole rings is 1. The van der Waals surface area contributed by atoms with E-state index in [0.717, 1.165) is 52.5 Å². The van der Waals surface area contributed by atoms with Gasteiger partial charge in [0.25, 0.3) is 5.91 Å². The zero-order valence-electron chi connectivity index (χ0n) is 15.6. The second-order valence-electron chi connectivity index (χ2n) is 6.74. The molecule has 3 aromatic rings. The van der Waals surface area contributed by atoms with Crippen molar-refractivity contribution in [1.29, 1.82) is 0 Å². The highest BCUT2D eigenvalue weighted by Gasteiger charge is 2.22. The van der Waals surface area contributed by atoms with Crippen LogP contribution in [0.1, 0.15) is 28.7 Å². The Balaban J connectivity index is 1.45. The maximum absolute atomic E-state index is 12.6. The average molecular weight is 382 g/mol. The van der Waals surface area contributed by atoms with Crippen LogP contribution in [0.15, 0.2) is 42.5 Å². The molecule has 2 aromatic carbocycles. The van der Waals surface area contributed by atoms with Gasteiger partial charge < -0.3 is 15.0 Å². The second kappa shape index (κ2) is 7.66. The lowest BCUT2D eigenvalue weighted by Gasteiger charge is -2.18. The molecule has 27 heavy (non-hydrogen) atoms. The fraction of sp³-hybridized carbons (Fsp3) is 0.333. The zero-order valence-corrected chi connectivity index (χ0v) is 16.4. The summed E-state index contributed by atoms with van der Waals surface area (Å²) >= 11 is 1.65. The highest BCUT2D eigenvalue weighted by atomic mass is 32.1. The number of ether oxygens (including phenoxy) is 1. The molecule has 0 saturated carbocycles. The van der Waals surface area contributed by atoms with Crippen LogP contribution in [-0.2, 0) is 11.2 Å². The van der Waals surface area contributed by atoms with E-state index in [4.69, 9.17) is 4.74 Å². The molecular formula is C21H23N3O2S. The van der Waals surface area contributed by atoms with E-state index in [2.05, 4.69) is 22.1 Å². The Morgan fingerprint density at radius 2 is 2.11 bits per heavy atom. The van der Waals surface area contributed by atoms with Crippen molar-refractivity contribution < 1.29 is 9.53 Å².